The quantitative estimate of drug-likeness (QED) is 0.701. The molecular weight excluding hydrogens is 223 g/mol. The molecule has 0 fully saturated rings. The highest BCUT2D eigenvalue weighted by atomic mass is 32.7. The Bertz CT molecular complexity index is 374. The lowest BCUT2D eigenvalue weighted by molar-refractivity contribution is 0.250. The molecule has 0 bridgehead atoms. The molecule has 0 aliphatic carbocycles. The van der Waals surface area contributed by atoms with Gasteiger partial charge in [0.2, 0.25) is 19.8 Å². The first kappa shape index (κ1) is 11.9. The minimum absolute atomic E-state index is 0.188. The minimum Gasteiger partial charge on any atom is -0.383 e. The molecule has 0 amide bonds. The Labute approximate surface area is 73.2 Å². The summed E-state index contributed by atoms with van der Waals surface area (Å²) in [5.74, 6) is -1.26. The van der Waals surface area contributed by atoms with E-state index in [1.807, 2.05) is 0 Å². The Hall–Kier alpha value is -0.100. The van der Waals surface area contributed by atoms with Crippen molar-refractivity contribution in [3.05, 3.63) is 0 Å². The predicted molar refractivity (Wildman–Crippen MR) is 45.7 cm³/mol. The maximum Gasteiger partial charge on any atom is 0.247 e. The van der Waals surface area contributed by atoms with Gasteiger partial charge in [0, 0.05) is 0 Å². The molecule has 0 heterocycles. The molecule has 12 heavy (non-hydrogen) atoms. The molecule has 0 aromatic heterocycles. The van der Waals surface area contributed by atoms with Gasteiger partial charge in [-0.1, -0.05) is 13.3 Å². The third-order valence-electron chi connectivity index (χ3n) is 1.08. The van der Waals surface area contributed by atoms with Crippen LogP contribution in [0.15, 0.2) is 0 Å². The van der Waals surface area contributed by atoms with Gasteiger partial charge in [-0.25, -0.2) is 0 Å². The van der Waals surface area contributed by atoms with Crippen LogP contribution in [0.4, 0.5) is 0 Å². The van der Waals surface area contributed by atoms with Gasteiger partial charge in [-0.15, -0.1) is 0 Å². The van der Waals surface area contributed by atoms with Crippen LogP contribution in [0.3, 0.4) is 0 Å². The first-order valence-electron chi connectivity index (χ1n) is 3.16. The van der Waals surface area contributed by atoms with E-state index in [1.54, 1.807) is 6.92 Å². The highest BCUT2D eigenvalue weighted by molar-refractivity contribution is 8.32. The van der Waals surface area contributed by atoms with E-state index < -0.39 is 31.1 Å². The van der Waals surface area contributed by atoms with Gasteiger partial charge in [0.1, 0.15) is 5.85 Å². The Morgan fingerprint density at radius 2 is 1.67 bits per heavy atom. The lowest BCUT2D eigenvalue weighted by atomic mass is 10.4. The summed E-state index contributed by atoms with van der Waals surface area (Å²) in [6.07, 6.45) is 0.738. The second-order valence-corrected chi connectivity index (χ2v) is 8.87. The molecule has 1 N–H and O–H groups in total. The van der Waals surface area contributed by atoms with Gasteiger partial charge in [0.15, 0.2) is 5.47 Å². The number of aliphatic hydroxyl groups is 1. The highest BCUT2D eigenvalue weighted by Crippen LogP contribution is 2.20. The molecule has 0 rings (SSSR count). The van der Waals surface area contributed by atoms with Crippen LogP contribution in [-0.2, 0) is 19.8 Å². The SMILES string of the molecule is CCCC(O)P(=S(=O)=O)=S(=O)=O. The summed E-state index contributed by atoms with van der Waals surface area (Å²) in [6, 6.07) is 0. The van der Waals surface area contributed by atoms with E-state index in [1.165, 1.54) is 0 Å². The molecule has 0 aliphatic rings. The fourth-order valence-electron chi connectivity index (χ4n) is 0.612. The van der Waals surface area contributed by atoms with E-state index in [2.05, 4.69) is 0 Å². The van der Waals surface area contributed by atoms with E-state index in [0.29, 0.717) is 6.42 Å². The summed E-state index contributed by atoms with van der Waals surface area (Å²) in [4.78, 5) is 0. The minimum atomic E-state index is -2.71. The molecule has 5 nitrogen and oxygen atoms in total. The van der Waals surface area contributed by atoms with Gasteiger partial charge in [-0.2, -0.15) is 16.8 Å². The molecule has 0 aromatic carbocycles. The Morgan fingerprint density at radius 1 is 1.25 bits per heavy atom. The van der Waals surface area contributed by atoms with Gasteiger partial charge in [-0.3, -0.25) is 0 Å². The second-order valence-electron chi connectivity index (χ2n) is 1.99. The van der Waals surface area contributed by atoms with Crippen molar-refractivity contribution in [2.75, 3.05) is 0 Å². The largest absolute Gasteiger partial charge is 0.383 e. The van der Waals surface area contributed by atoms with Crippen molar-refractivity contribution in [1.29, 1.82) is 0 Å². The van der Waals surface area contributed by atoms with E-state index in [4.69, 9.17) is 5.11 Å². The maximum atomic E-state index is 10.3. The Morgan fingerprint density at radius 3 is 1.92 bits per heavy atom. The van der Waals surface area contributed by atoms with Crippen molar-refractivity contribution < 1.29 is 21.9 Å². The number of rotatable bonds is 3. The summed E-state index contributed by atoms with van der Waals surface area (Å²) >= 11 is 0. The molecule has 0 saturated carbocycles. The zero-order valence-corrected chi connectivity index (χ0v) is 8.86. The smallest absolute Gasteiger partial charge is 0.247 e. The number of hydrogen-bond acceptors (Lipinski definition) is 5. The molecule has 1 atom stereocenters. The van der Waals surface area contributed by atoms with Crippen LogP contribution in [0.5, 0.6) is 0 Å². The molecule has 72 valence electrons. The standard InChI is InChI=1S/C4H9O5PS2/c1-2-3-4(5)10(11(6)7)12(8)9/h4-5H,2-3H2,1H3. The van der Waals surface area contributed by atoms with Crippen molar-refractivity contribution in [2.24, 2.45) is 0 Å². The molecule has 0 saturated heterocycles. The monoisotopic (exact) mass is 232 g/mol. The van der Waals surface area contributed by atoms with Crippen molar-refractivity contribution in [3.63, 3.8) is 0 Å². The van der Waals surface area contributed by atoms with Crippen LogP contribution in [-0.4, -0.2) is 27.8 Å². The van der Waals surface area contributed by atoms with Gasteiger partial charge in [0.25, 0.3) is 0 Å². The summed E-state index contributed by atoms with van der Waals surface area (Å²) in [7, 11) is -5.43. The van der Waals surface area contributed by atoms with Gasteiger partial charge in [0.05, 0.1) is 0 Å². The van der Waals surface area contributed by atoms with Crippen LogP contribution in [0.25, 0.3) is 0 Å². The molecular formula is C4H9O5PS2. The van der Waals surface area contributed by atoms with Crippen molar-refractivity contribution in [2.45, 2.75) is 25.6 Å². The first-order valence-corrected chi connectivity index (χ1v) is 7.93. The van der Waals surface area contributed by atoms with Crippen LogP contribution in [0.2, 0.25) is 0 Å². The lowest BCUT2D eigenvalue weighted by Gasteiger charge is -1.97. The average molecular weight is 232 g/mol. The summed E-state index contributed by atoms with van der Waals surface area (Å²) in [5.41, 5.74) is -2.36. The fourth-order valence-corrected chi connectivity index (χ4v) is 4.59. The van der Waals surface area contributed by atoms with Crippen molar-refractivity contribution in [1.82, 2.24) is 0 Å². The summed E-state index contributed by atoms with van der Waals surface area (Å²) in [6.45, 7) is 1.73. The second kappa shape index (κ2) is 5.53. The van der Waals surface area contributed by atoms with Crippen LogP contribution < -0.4 is 0 Å². The predicted octanol–water partition coefficient (Wildman–Crippen LogP) is 0.175. The normalized spacial score (nSPS) is 12.2. The lowest BCUT2D eigenvalue weighted by Crippen LogP contribution is -1.96. The molecule has 1 unspecified atom stereocenters. The average Bonchev–Trinajstić information content (AvgIpc) is 1.85. The van der Waals surface area contributed by atoms with Gasteiger partial charge in [-0.05, 0) is 6.42 Å². The Kier molecular flexibility index (Phi) is 5.48. The number of aliphatic hydroxyl groups excluding tert-OH is 1. The molecule has 8 heteroatoms. The van der Waals surface area contributed by atoms with E-state index in [9.17, 15) is 16.8 Å². The zero-order valence-electron chi connectivity index (χ0n) is 6.34. The maximum absolute atomic E-state index is 10.3. The summed E-state index contributed by atoms with van der Waals surface area (Å²) in [5, 5.41) is 9.09. The fraction of sp³-hybridized carbons (Fsp3) is 1.00. The highest BCUT2D eigenvalue weighted by Gasteiger charge is 2.07. The first-order chi connectivity index (χ1) is 5.50. The van der Waals surface area contributed by atoms with E-state index in [-0.39, 0.29) is 6.42 Å². The van der Waals surface area contributed by atoms with Crippen LogP contribution >= 0.6 is 5.47 Å². The van der Waals surface area contributed by atoms with Gasteiger partial charge < -0.3 is 5.11 Å². The summed E-state index contributed by atoms with van der Waals surface area (Å²) < 4.78 is 41.3. The van der Waals surface area contributed by atoms with E-state index in [0.717, 1.165) is 0 Å². The molecule has 0 radical (unpaired) electrons. The van der Waals surface area contributed by atoms with E-state index >= 15 is 0 Å². The molecule has 0 spiro atoms. The van der Waals surface area contributed by atoms with Gasteiger partial charge >= 0.3 is 0 Å². The van der Waals surface area contributed by atoms with Crippen LogP contribution in [0.1, 0.15) is 19.8 Å². The Balaban J connectivity index is 5.42. The molecule has 0 aromatic rings. The number of hydrogen-bond donors (Lipinski definition) is 1. The zero-order chi connectivity index (χ0) is 9.72. The molecule has 0 aliphatic heterocycles. The topological polar surface area (TPSA) is 88.5 Å². The third-order valence-corrected chi connectivity index (χ3v) is 7.83. The third kappa shape index (κ3) is 3.53. The van der Waals surface area contributed by atoms with Crippen LogP contribution in [0, 0.1) is 0 Å². The van der Waals surface area contributed by atoms with Crippen molar-refractivity contribution in [3.8, 4) is 0 Å². The van der Waals surface area contributed by atoms with Crippen molar-refractivity contribution >= 4 is 25.2 Å².